The minimum absolute atomic E-state index is 0.109. The molecular formula is C21H23N7O4S. The van der Waals surface area contributed by atoms with Crippen molar-refractivity contribution < 1.29 is 14.5 Å². The third-order valence-electron chi connectivity index (χ3n) is 4.88. The first-order valence-electron chi connectivity index (χ1n) is 10.0. The number of hydrogen-bond donors (Lipinski definition) is 2. The highest BCUT2D eigenvalue weighted by Crippen LogP contribution is 2.20. The molecule has 1 unspecified atom stereocenters. The summed E-state index contributed by atoms with van der Waals surface area (Å²) in [6.07, 6.45) is 2.29. The van der Waals surface area contributed by atoms with E-state index in [1.807, 2.05) is 19.2 Å². The summed E-state index contributed by atoms with van der Waals surface area (Å²) in [6, 6.07) is 9.89. The van der Waals surface area contributed by atoms with Crippen LogP contribution in [0.25, 0.3) is 5.69 Å². The molecule has 1 heterocycles. The number of anilines is 1. The number of nitro groups is 1. The van der Waals surface area contributed by atoms with Gasteiger partial charge in [-0.1, -0.05) is 12.1 Å². The maximum absolute atomic E-state index is 13.0. The standard InChI is InChI=1S/C21H23N7O4S/c1-13-7-8-16(12-19(13)27-14(2)24-25-26-27)22-21(30)18(9-10-33-3)23-20(29)15-5-4-6-17(11-15)28(31)32/h4-8,11-12,18H,9-10H2,1-3H3,(H,22,30)(H,23,29). The average Bonchev–Trinajstić information content (AvgIpc) is 3.23. The fourth-order valence-electron chi connectivity index (χ4n) is 3.11. The molecule has 3 rings (SSSR count). The molecule has 3 aromatic rings. The molecule has 2 aromatic carbocycles. The molecule has 2 amide bonds. The Kier molecular flexibility index (Phi) is 7.72. The highest BCUT2D eigenvalue weighted by atomic mass is 32.2. The summed E-state index contributed by atoms with van der Waals surface area (Å²) in [6.45, 7) is 3.68. The number of benzene rings is 2. The minimum atomic E-state index is -0.830. The van der Waals surface area contributed by atoms with Gasteiger partial charge in [-0.05, 0) is 66.5 Å². The topological polar surface area (TPSA) is 145 Å². The van der Waals surface area contributed by atoms with Crippen molar-refractivity contribution in [1.29, 1.82) is 0 Å². The van der Waals surface area contributed by atoms with Crippen LogP contribution in [-0.2, 0) is 4.79 Å². The highest BCUT2D eigenvalue weighted by Gasteiger charge is 2.22. The number of carbonyl (C=O) groups is 2. The van der Waals surface area contributed by atoms with Gasteiger partial charge in [0, 0.05) is 23.4 Å². The zero-order chi connectivity index (χ0) is 24.0. The quantitative estimate of drug-likeness (QED) is 0.359. The van der Waals surface area contributed by atoms with Crippen LogP contribution < -0.4 is 10.6 Å². The molecule has 0 spiro atoms. The van der Waals surface area contributed by atoms with Crippen molar-refractivity contribution in [1.82, 2.24) is 25.5 Å². The van der Waals surface area contributed by atoms with E-state index >= 15 is 0 Å². The fourth-order valence-corrected chi connectivity index (χ4v) is 3.58. The van der Waals surface area contributed by atoms with Crippen LogP contribution in [0.4, 0.5) is 11.4 Å². The van der Waals surface area contributed by atoms with Crippen LogP contribution in [0, 0.1) is 24.0 Å². The number of aryl methyl sites for hydroxylation is 2. The van der Waals surface area contributed by atoms with E-state index in [9.17, 15) is 19.7 Å². The van der Waals surface area contributed by atoms with E-state index in [-0.39, 0.29) is 11.3 Å². The fraction of sp³-hybridized carbons (Fsp3) is 0.286. The lowest BCUT2D eigenvalue weighted by Crippen LogP contribution is -2.44. The van der Waals surface area contributed by atoms with Crippen molar-refractivity contribution in [2.45, 2.75) is 26.3 Å². The SMILES string of the molecule is CSCCC(NC(=O)c1cccc([N+](=O)[O-])c1)C(=O)Nc1ccc(C)c(-n2nnnc2C)c1. The third kappa shape index (κ3) is 5.92. The van der Waals surface area contributed by atoms with Crippen LogP contribution in [-0.4, -0.2) is 55.0 Å². The van der Waals surface area contributed by atoms with Gasteiger partial charge < -0.3 is 10.6 Å². The maximum Gasteiger partial charge on any atom is 0.270 e. The van der Waals surface area contributed by atoms with Gasteiger partial charge in [0.15, 0.2) is 5.82 Å². The van der Waals surface area contributed by atoms with Crippen LogP contribution in [0.5, 0.6) is 0 Å². The van der Waals surface area contributed by atoms with Crippen LogP contribution in [0.2, 0.25) is 0 Å². The number of rotatable bonds is 9. The summed E-state index contributed by atoms with van der Waals surface area (Å²) in [5, 5.41) is 28.0. The minimum Gasteiger partial charge on any atom is -0.340 e. The molecule has 33 heavy (non-hydrogen) atoms. The van der Waals surface area contributed by atoms with Crippen LogP contribution in [0.15, 0.2) is 42.5 Å². The maximum atomic E-state index is 13.0. The molecule has 0 saturated carbocycles. The summed E-state index contributed by atoms with van der Waals surface area (Å²) in [4.78, 5) is 36.1. The van der Waals surface area contributed by atoms with E-state index in [2.05, 4.69) is 26.2 Å². The van der Waals surface area contributed by atoms with Gasteiger partial charge in [-0.2, -0.15) is 16.4 Å². The van der Waals surface area contributed by atoms with Crippen LogP contribution >= 0.6 is 11.8 Å². The normalized spacial score (nSPS) is 11.6. The number of tetrazole rings is 1. The number of amides is 2. The number of thioether (sulfide) groups is 1. The lowest BCUT2D eigenvalue weighted by Gasteiger charge is -2.19. The summed E-state index contributed by atoms with van der Waals surface area (Å²) >= 11 is 1.54. The van der Waals surface area contributed by atoms with Crippen LogP contribution in [0.1, 0.15) is 28.2 Å². The Bertz CT molecular complexity index is 1180. The summed E-state index contributed by atoms with van der Waals surface area (Å²) in [5.74, 6) is 0.277. The number of nitrogens with one attached hydrogen (secondary N) is 2. The molecule has 0 saturated heterocycles. The number of aromatic nitrogens is 4. The van der Waals surface area contributed by atoms with E-state index in [1.54, 1.807) is 35.5 Å². The number of non-ortho nitro benzene ring substituents is 1. The highest BCUT2D eigenvalue weighted by molar-refractivity contribution is 7.98. The summed E-state index contributed by atoms with van der Waals surface area (Å²) < 4.78 is 1.57. The van der Waals surface area contributed by atoms with Crippen LogP contribution in [0.3, 0.4) is 0 Å². The lowest BCUT2D eigenvalue weighted by atomic mass is 10.1. The molecule has 2 N–H and O–H groups in total. The van der Waals surface area contributed by atoms with Gasteiger partial charge in [-0.25, -0.2) is 0 Å². The Labute approximate surface area is 194 Å². The van der Waals surface area contributed by atoms with Gasteiger partial charge in [0.05, 0.1) is 10.6 Å². The number of nitro benzene ring substituents is 1. The molecule has 12 heteroatoms. The first-order valence-corrected chi connectivity index (χ1v) is 11.4. The first-order chi connectivity index (χ1) is 15.8. The molecule has 0 aliphatic carbocycles. The van der Waals surface area contributed by atoms with E-state index < -0.39 is 22.8 Å². The predicted octanol–water partition coefficient (Wildman–Crippen LogP) is 2.68. The van der Waals surface area contributed by atoms with Gasteiger partial charge >= 0.3 is 0 Å². The Morgan fingerprint density at radius 2 is 2.00 bits per heavy atom. The summed E-state index contributed by atoms with van der Waals surface area (Å²) in [7, 11) is 0. The van der Waals surface area contributed by atoms with Crippen molar-refractivity contribution in [3.8, 4) is 5.69 Å². The average molecular weight is 470 g/mol. The van der Waals surface area contributed by atoms with E-state index in [0.29, 0.717) is 23.7 Å². The Morgan fingerprint density at radius 3 is 2.67 bits per heavy atom. The number of carbonyl (C=O) groups excluding carboxylic acids is 2. The second kappa shape index (κ2) is 10.7. The van der Waals surface area contributed by atoms with E-state index in [1.165, 1.54) is 24.3 Å². The smallest absolute Gasteiger partial charge is 0.270 e. The predicted molar refractivity (Wildman–Crippen MR) is 125 cm³/mol. The molecule has 0 aliphatic rings. The molecule has 0 radical (unpaired) electrons. The Hall–Kier alpha value is -3.80. The zero-order valence-corrected chi connectivity index (χ0v) is 19.1. The molecule has 0 bridgehead atoms. The molecule has 172 valence electrons. The lowest BCUT2D eigenvalue weighted by molar-refractivity contribution is -0.384. The van der Waals surface area contributed by atoms with Crippen molar-refractivity contribution >= 4 is 35.0 Å². The zero-order valence-electron chi connectivity index (χ0n) is 18.3. The van der Waals surface area contributed by atoms with E-state index in [4.69, 9.17) is 0 Å². The molecular weight excluding hydrogens is 446 g/mol. The van der Waals surface area contributed by atoms with Crippen molar-refractivity contribution in [3.63, 3.8) is 0 Å². The van der Waals surface area contributed by atoms with Crippen molar-refractivity contribution in [2.75, 3.05) is 17.3 Å². The number of hydrogen-bond acceptors (Lipinski definition) is 8. The van der Waals surface area contributed by atoms with Crippen molar-refractivity contribution in [2.24, 2.45) is 0 Å². The first kappa shape index (κ1) is 23.9. The molecule has 0 fully saturated rings. The van der Waals surface area contributed by atoms with Gasteiger partial charge in [0.25, 0.3) is 11.6 Å². The second-order valence-corrected chi connectivity index (χ2v) is 8.23. The Morgan fingerprint density at radius 1 is 1.21 bits per heavy atom. The third-order valence-corrected chi connectivity index (χ3v) is 5.53. The molecule has 1 aromatic heterocycles. The largest absolute Gasteiger partial charge is 0.340 e. The second-order valence-electron chi connectivity index (χ2n) is 7.24. The monoisotopic (exact) mass is 469 g/mol. The molecule has 11 nitrogen and oxygen atoms in total. The van der Waals surface area contributed by atoms with Gasteiger partial charge in [-0.15, -0.1) is 5.10 Å². The van der Waals surface area contributed by atoms with Gasteiger partial charge in [0.1, 0.15) is 6.04 Å². The Balaban J connectivity index is 1.78. The van der Waals surface area contributed by atoms with Gasteiger partial charge in [-0.3, -0.25) is 19.7 Å². The molecule has 0 aliphatic heterocycles. The molecule has 1 atom stereocenters. The van der Waals surface area contributed by atoms with E-state index in [0.717, 1.165) is 11.3 Å². The van der Waals surface area contributed by atoms with Gasteiger partial charge in [0.2, 0.25) is 5.91 Å². The van der Waals surface area contributed by atoms with Crippen molar-refractivity contribution in [3.05, 3.63) is 69.5 Å². The summed E-state index contributed by atoms with van der Waals surface area (Å²) in [5.41, 5.74) is 2.07. The number of nitrogens with zero attached hydrogens (tertiary/aromatic N) is 5.